The molecule has 0 radical (unpaired) electrons. The number of anilines is 1. The highest BCUT2D eigenvalue weighted by molar-refractivity contribution is 5.96. The summed E-state index contributed by atoms with van der Waals surface area (Å²) in [5.41, 5.74) is 1.95. The molecule has 1 aromatic carbocycles. The summed E-state index contributed by atoms with van der Waals surface area (Å²) >= 11 is 0. The lowest BCUT2D eigenvalue weighted by Crippen LogP contribution is -2.48. The van der Waals surface area contributed by atoms with Crippen LogP contribution in [0.1, 0.15) is 45.1 Å². The van der Waals surface area contributed by atoms with Crippen molar-refractivity contribution in [3.05, 3.63) is 29.8 Å². The smallest absolute Gasteiger partial charge is 0.231 e. The Kier molecular flexibility index (Phi) is 5.18. The topological polar surface area (TPSA) is 41.1 Å². The predicted molar refractivity (Wildman–Crippen MR) is 83.9 cm³/mol. The van der Waals surface area contributed by atoms with Gasteiger partial charge in [-0.15, -0.1) is 0 Å². The first-order valence-electron chi connectivity index (χ1n) is 7.82. The molecule has 0 aliphatic carbocycles. The Morgan fingerprint density at radius 2 is 2.15 bits per heavy atom. The number of amides is 1. The van der Waals surface area contributed by atoms with Crippen LogP contribution in [-0.4, -0.2) is 19.0 Å². The number of rotatable bonds is 5. The van der Waals surface area contributed by atoms with Gasteiger partial charge in [0, 0.05) is 12.2 Å². The molecule has 1 heterocycles. The normalized spacial score (nSPS) is 22.5. The molecule has 0 bridgehead atoms. The van der Waals surface area contributed by atoms with Crippen molar-refractivity contribution in [2.24, 2.45) is 5.41 Å². The summed E-state index contributed by atoms with van der Waals surface area (Å²) in [5.74, 6) is 0.187. The molecule has 3 nitrogen and oxygen atoms in total. The Bertz CT molecular complexity index is 445. The van der Waals surface area contributed by atoms with Gasteiger partial charge in [-0.25, -0.2) is 0 Å². The summed E-state index contributed by atoms with van der Waals surface area (Å²) in [4.78, 5) is 12.8. The largest absolute Gasteiger partial charge is 0.325 e. The Morgan fingerprint density at radius 1 is 1.35 bits per heavy atom. The lowest BCUT2D eigenvalue weighted by atomic mass is 9.76. The number of hydrogen-bond acceptors (Lipinski definition) is 2. The molecule has 0 spiro atoms. The number of nitrogens with one attached hydrogen (secondary N) is 2. The predicted octanol–water partition coefficient (Wildman–Crippen LogP) is 3.36. The third-order valence-electron chi connectivity index (χ3n) is 4.33. The molecule has 1 amide bonds. The van der Waals surface area contributed by atoms with Crippen LogP contribution in [0.3, 0.4) is 0 Å². The van der Waals surface area contributed by atoms with E-state index in [9.17, 15) is 4.79 Å². The number of aryl methyl sites for hydroxylation is 1. The first-order chi connectivity index (χ1) is 9.72. The van der Waals surface area contributed by atoms with Gasteiger partial charge in [-0.1, -0.05) is 38.5 Å². The lowest BCUT2D eigenvalue weighted by Gasteiger charge is -2.36. The molecule has 3 heteroatoms. The fraction of sp³-hybridized carbons (Fsp3) is 0.588. The van der Waals surface area contributed by atoms with E-state index in [1.54, 1.807) is 0 Å². The average molecular weight is 274 g/mol. The van der Waals surface area contributed by atoms with Crippen molar-refractivity contribution in [1.29, 1.82) is 0 Å². The van der Waals surface area contributed by atoms with Crippen LogP contribution in [0.2, 0.25) is 0 Å². The highest BCUT2D eigenvalue weighted by Gasteiger charge is 2.38. The maximum absolute atomic E-state index is 12.8. The van der Waals surface area contributed by atoms with Gasteiger partial charge >= 0.3 is 0 Å². The monoisotopic (exact) mass is 274 g/mol. The molecule has 1 unspecified atom stereocenters. The summed E-state index contributed by atoms with van der Waals surface area (Å²) < 4.78 is 0. The highest BCUT2D eigenvalue weighted by atomic mass is 16.2. The number of hydrogen-bond donors (Lipinski definition) is 2. The van der Waals surface area contributed by atoms with Crippen molar-refractivity contribution in [3.63, 3.8) is 0 Å². The minimum atomic E-state index is -0.228. The van der Waals surface area contributed by atoms with Gasteiger partial charge < -0.3 is 10.6 Å². The minimum absolute atomic E-state index is 0.187. The quantitative estimate of drug-likeness (QED) is 0.864. The van der Waals surface area contributed by atoms with E-state index in [2.05, 4.69) is 30.5 Å². The van der Waals surface area contributed by atoms with Gasteiger partial charge in [-0.3, -0.25) is 4.79 Å². The number of carbonyl (C=O) groups excluding carboxylic acids is 1. The molecule has 2 rings (SSSR count). The molecule has 1 fully saturated rings. The molecule has 2 N–H and O–H groups in total. The average Bonchev–Trinajstić information content (AvgIpc) is 2.49. The molecular weight excluding hydrogens is 248 g/mol. The van der Waals surface area contributed by atoms with Gasteiger partial charge in [0.2, 0.25) is 5.91 Å². The second-order valence-corrected chi connectivity index (χ2v) is 5.78. The van der Waals surface area contributed by atoms with Crippen molar-refractivity contribution in [1.82, 2.24) is 5.32 Å². The summed E-state index contributed by atoms with van der Waals surface area (Å²) in [7, 11) is 0. The van der Waals surface area contributed by atoms with Gasteiger partial charge in [0.25, 0.3) is 0 Å². The van der Waals surface area contributed by atoms with Crippen LogP contribution in [0.5, 0.6) is 0 Å². The molecule has 110 valence electrons. The minimum Gasteiger partial charge on any atom is -0.325 e. The van der Waals surface area contributed by atoms with Crippen molar-refractivity contribution < 1.29 is 4.79 Å². The SMILES string of the molecule is CCCC1(C(=O)Nc2ccccc2CC)CCCNC1. The number of piperidine rings is 1. The van der Waals surface area contributed by atoms with E-state index < -0.39 is 0 Å². The van der Waals surface area contributed by atoms with Crippen molar-refractivity contribution in [2.45, 2.75) is 46.0 Å². The Balaban J connectivity index is 2.16. The lowest BCUT2D eigenvalue weighted by molar-refractivity contribution is -0.127. The molecule has 0 aromatic heterocycles. The van der Waals surface area contributed by atoms with E-state index >= 15 is 0 Å². The summed E-state index contributed by atoms with van der Waals surface area (Å²) in [6, 6.07) is 8.10. The van der Waals surface area contributed by atoms with Crippen molar-refractivity contribution in [3.8, 4) is 0 Å². The molecule has 1 aliphatic rings. The van der Waals surface area contributed by atoms with Gasteiger partial charge in [-0.05, 0) is 43.9 Å². The fourth-order valence-corrected chi connectivity index (χ4v) is 3.17. The zero-order chi connectivity index (χ0) is 14.4. The van der Waals surface area contributed by atoms with Gasteiger partial charge in [-0.2, -0.15) is 0 Å². The van der Waals surface area contributed by atoms with Gasteiger partial charge in [0.1, 0.15) is 0 Å². The maximum Gasteiger partial charge on any atom is 0.231 e. The van der Waals surface area contributed by atoms with E-state index in [1.165, 1.54) is 5.56 Å². The number of benzene rings is 1. The zero-order valence-electron chi connectivity index (χ0n) is 12.7. The van der Waals surface area contributed by atoms with E-state index in [-0.39, 0.29) is 11.3 Å². The van der Waals surface area contributed by atoms with Crippen LogP contribution in [0, 0.1) is 5.41 Å². The molecule has 1 aliphatic heterocycles. The molecule has 1 aromatic rings. The third-order valence-corrected chi connectivity index (χ3v) is 4.33. The standard InChI is InChI=1S/C17H26N2O/c1-3-10-17(11-7-12-18-13-17)16(20)19-15-9-6-5-8-14(15)4-2/h5-6,8-9,18H,3-4,7,10-13H2,1-2H3,(H,19,20). The van der Waals surface area contributed by atoms with Crippen LogP contribution in [0.4, 0.5) is 5.69 Å². The number of carbonyl (C=O) groups is 1. The summed E-state index contributed by atoms with van der Waals surface area (Å²) in [5, 5.41) is 6.57. The van der Waals surface area contributed by atoms with Gasteiger partial charge in [0.05, 0.1) is 5.41 Å². The Morgan fingerprint density at radius 3 is 2.80 bits per heavy atom. The third kappa shape index (κ3) is 3.21. The van der Waals surface area contributed by atoms with Crippen molar-refractivity contribution >= 4 is 11.6 Å². The molecule has 1 saturated heterocycles. The summed E-state index contributed by atoms with van der Waals surface area (Å²) in [6.45, 7) is 6.11. The van der Waals surface area contributed by atoms with E-state index in [0.29, 0.717) is 0 Å². The van der Waals surface area contributed by atoms with E-state index in [4.69, 9.17) is 0 Å². The van der Waals surface area contributed by atoms with Crippen LogP contribution >= 0.6 is 0 Å². The second-order valence-electron chi connectivity index (χ2n) is 5.78. The first-order valence-corrected chi connectivity index (χ1v) is 7.82. The van der Waals surface area contributed by atoms with Crippen LogP contribution in [-0.2, 0) is 11.2 Å². The van der Waals surface area contributed by atoms with E-state index in [0.717, 1.165) is 50.9 Å². The molecular formula is C17H26N2O. The van der Waals surface area contributed by atoms with Gasteiger partial charge in [0.15, 0.2) is 0 Å². The van der Waals surface area contributed by atoms with Crippen LogP contribution in [0.15, 0.2) is 24.3 Å². The molecule has 20 heavy (non-hydrogen) atoms. The Hall–Kier alpha value is -1.35. The van der Waals surface area contributed by atoms with Crippen LogP contribution in [0.25, 0.3) is 0 Å². The number of para-hydroxylation sites is 1. The summed E-state index contributed by atoms with van der Waals surface area (Å²) in [6.07, 6.45) is 5.02. The first kappa shape index (κ1) is 15.0. The maximum atomic E-state index is 12.8. The Labute approximate surface area is 122 Å². The van der Waals surface area contributed by atoms with Crippen LogP contribution < -0.4 is 10.6 Å². The zero-order valence-corrected chi connectivity index (χ0v) is 12.7. The highest BCUT2D eigenvalue weighted by Crippen LogP contribution is 2.33. The fourth-order valence-electron chi connectivity index (χ4n) is 3.17. The molecule has 1 atom stereocenters. The van der Waals surface area contributed by atoms with Crippen molar-refractivity contribution in [2.75, 3.05) is 18.4 Å². The second kappa shape index (κ2) is 6.89. The van der Waals surface area contributed by atoms with E-state index in [1.807, 2.05) is 18.2 Å². The molecule has 0 saturated carbocycles.